The fraction of sp³-hybridized carbons (Fsp3) is 0.480. The van der Waals surface area contributed by atoms with Crippen molar-refractivity contribution in [1.82, 2.24) is 14.8 Å². The minimum absolute atomic E-state index is 0.128. The average Bonchev–Trinajstić information content (AvgIpc) is 3.37. The van der Waals surface area contributed by atoms with E-state index in [0.717, 1.165) is 43.0 Å². The van der Waals surface area contributed by atoms with Crippen LogP contribution in [0.2, 0.25) is 0 Å². The fourth-order valence-corrected chi connectivity index (χ4v) is 4.29. The number of carbonyl (C=O) groups excluding carboxylic acids is 1. The number of halogens is 1. The molecule has 4 rings (SSSR count). The minimum atomic E-state index is -0.431. The van der Waals surface area contributed by atoms with E-state index in [4.69, 9.17) is 10.1 Å². The first-order valence-electron chi connectivity index (χ1n) is 11.3. The van der Waals surface area contributed by atoms with Crippen molar-refractivity contribution in [3.8, 4) is 0 Å². The normalized spacial score (nSPS) is 14.6. The van der Waals surface area contributed by atoms with E-state index in [2.05, 4.69) is 31.0 Å². The van der Waals surface area contributed by atoms with Crippen LogP contribution in [0.5, 0.6) is 0 Å². The second-order valence-electron chi connectivity index (χ2n) is 9.90. The highest BCUT2D eigenvalue weighted by molar-refractivity contribution is 6.13. The number of aryl methyl sites for hydroxylation is 1. The van der Waals surface area contributed by atoms with E-state index in [0.29, 0.717) is 16.6 Å². The molecule has 170 valence electrons. The molecule has 7 heteroatoms. The summed E-state index contributed by atoms with van der Waals surface area (Å²) < 4.78 is 16.7. The molecular weight excluding hydrogens is 405 g/mol. The van der Waals surface area contributed by atoms with Crippen LogP contribution in [-0.2, 0) is 5.54 Å². The molecule has 1 aromatic carbocycles. The molecular formula is C25H32FN5O. The summed E-state index contributed by atoms with van der Waals surface area (Å²) in [6, 6.07) is 6.77. The third kappa shape index (κ3) is 3.96. The van der Waals surface area contributed by atoms with Crippen LogP contribution in [0, 0.1) is 12.7 Å². The maximum Gasteiger partial charge on any atom is 0.256 e. The van der Waals surface area contributed by atoms with Crippen molar-refractivity contribution in [2.24, 2.45) is 0 Å². The number of para-hydroxylation sites is 1. The summed E-state index contributed by atoms with van der Waals surface area (Å²) in [6.07, 6.45) is 2.13. The average molecular weight is 438 g/mol. The second-order valence-corrected chi connectivity index (χ2v) is 9.90. The zero-order valence-electron chi connectivity index (χ0n) is 19.8. The van der Waals surface area contributed by atoms with Crippen LogP contribution >= 0.6 is 0 Å². The molecule has 0 unspecified atom stereocenters. The Bertz CT molecular complexity index is 1170. The molecule has 1 amide bonds. The molecule has 1 fully saturated rings. The monoisotopic (exact) mass is 437 g/mol. The van der Waals surface area contributed by atoms with Crippen molar-refractivity contribution >= 4 is 28.3 Å². The molecule has 0 saturated carbocycles. The molecule has 0 atom stereocenters. The van der Waals surface area contributed by atoms with Gasteiger partial charge in [0.1, 0.15) is 11.5 Å². The summed E-state index contributed by atoms with van der Waals surface area (Å²) in [5.41, 5.74) is 3.36. The van der Waals surface area contributed by atoms with Crippen molar-refractivity contribution in [2.45, 2.75) is 65.8 Å². The van der Waals surface area contributed by atoms with Crippen LogP contribution in [0.3, 0.4) is 0 Å². The van der Waals surface area contributed by atoms with Gasteiger partial charge in [0.15, 0.2) is 5.65 Å². The van der Waals surface area contributed by atoms with E-state index < -0.39 is 5.82 Å². The SMILES string of the molecule is Cc1nn(C(C)(C)C)c2nc(C(C)C)cc(C(=O)Nc3c(F)cccc3N3CCCC3)c12. The number of nitrogens with zero attached hydrogens (tertiary/aromatic N) is 4. The van der Waals surface area contributed by atoms with Gasteiger partial charge in [-0.1, -0.05) is 19.9 Å². The molecule has 0 radical (unpaired) electrons. The molecule has 6 nitrogen and oxygen atoms in total. The minimum Gasteiger partial charge on any atom is -0.370 e. The highest BCUT2D eigenvalue weighted by atomic mass is 19.1. The van der Waals surface area contributed by atoms with Crippen LogP contribution in [0.25, 0.3) is 11.0 Å². The predicted octanol–water partition coefficient (Wildman–Crippen LogP) is 5.61. The number of fused-ring (bicyclic) bond motifs is 1. The smallest absolute Gasteiger partial charge is 0.256 e. The molecule has 1 aliphatic rings. The van der Waals surface area contributed by atoms with E-state index in [1.165, 1.54) is 6.07 Å². The van der Waals surface area contributed by atoms with Gasteiger partial charge < -0.3 is 10.2 Å². The predicted molar refractivity (Wildman–Crippen MR) is 127 cm³/mol. The van der Waals surface area contributed by atoms with Gasteiger partial charge in [0.25, 0.3) is 5.91 Å². The van der Waals surface area contributed by atoms with E-state index >= 15 is 0 Å². The highest BCUT2D eigenvalue weighted by Crippen LogP contribution is 2.33. The Labute approximate surface area is 188 Å². The Morgan fingerprint density at radius 1 is 1.19 bits per heavy atom. The van der Waals surface area contributed by atoms with Gasteiger partial charge in [0.2, 0.25) is 0 Å². The Hall–Kier alpha value is -2.96. The highest BCUT2D eigenvalue weighted by Gasteiger charge is 2.27. The zero-order chi connectivity index (χ0) is 23.2. The number of hydrogen-bond donors (Lipinski definition) is 1. The van der Waals surface area contributed by atoms with Gasteiger partial charge in [-0.2, -0.15) is 5.10 Å². The van der Waals surface area contributed by atoms with Crippen LogP contribution in [0.15, 0.2) is 24.3 Å². The first kappa shape index (κ1) is 22.2. The number of amides is 1. The molecule has 0 aliphatic carbocycles. The lowest BCUT2D eigenvalue weighted by molar-refractivity contribution is 0.102. The van der Waals surface area contributed by atoms with E-state index in [1.807, 2.05) is 37.6 Å². The van der Waals surface area contributed by atoms with Crippen molar-refractivity contribution in [1.29, 1.82) is 0 Å². The Balaban J connectivity index is 1.84. The number of rotatable bonds is 4. The van der Waals surface area contributed by atoms with Crippen LogP contribution in [0.4, 0.5) is 15.8 Å². The quantitative estimate of drug-likeness (QED) is 0.576. The van der Waals surface area contributed by atoms with Crippen molar-refractivity contribution in [2.75, 3.05) is 23.3 Å². The molecule has 1 N–H and O–H groups in total. The van der Waals surface area contributed by atoms with E-state index in [9.17, 15) is 9.18 Å². The number of aromatic nitrogens is 3. The summed E-state index contributed by atoms with van der Waals surface area (Å²) in [4.78, 5) is 20.5. The van der Waals surface area contributed by atoms with Crippen molar-refractivity contribution < 1.29 is 9.18 Å². The zero-order valence-corrected chi connectivity index (χ0v) is 19.8. The molecule has 0 bridgehead atoms. The Kier molecular flexibility index (Phi) is 5.69. The van der Waals surface area contributed by atoms with Gasteiger partial charge in [0.05, 0.1) is 27.9 Å². The van der Waals surface area contributed by atoms with Crippen LogP contribution in [0.1, 0.15) is 75.1 Å². The number of carbonyl (C=O) groups is 1. The summed E-state index contributed by atoms with van der Waals surface area (Å²) >= 11 is 0. The molecule has 1 aliphatic heterocycles. The van der Waals surface area contributed by atoms with Crippen LogP contribution < -0.4 is 10.2 Å². The molecule has 1 saturated heterocycles. The lowest BCUT2D eigenvalue weighted by Gasteiger charge is -2.22. The van der Waals surface area contributed by atoms with E-state index in [-0.39, 0.29) is 23.1 Å². The summed E-state index contributed by atoms with van der Waals surface area (Å²) in [5, 5.41) is 8.30. The van der Waals surface area contributed by atoms with E-state index in [1.54, 1.807) is 6.07 Å². The topological polar surface area (TPSA) is 63.1 Å². The van der Waals surface area contributed by atoms with Gasteiger partial charge in [-0.25, -0.2) is 14.1 Å². The van der Waals surface area contributed by atoms with Gasteiger partial charge in [0, 0.05) is 18.8 Å². The molecule has 3 aromatic rings. The number of pyridine rings is 1. The second kappa shape index (κ2) is 8.19. The van der Waals surface area contributed by atoms with Gasteiger partial charge >= 0.3 is 0 Å². The lowest BCUT2D eigenvalue weighted by Crippen LogP contribution is -2.24. The van der Waals surface area contributed by atoms with Crippen LogP contribution in [-0.4, -0.2) is 33.8 Å². The maximum atomic E-state index is 14.9. The molecule has 3 heterocycles. The van der Waals surface area contributed by atoms with Gasteiger partial charge in [-0.05, 0) is 64.7 Å². The number of nitrogens with one attached hydrogen (secondary N) is 1. The molecule has 2 aromatic heterocycles. The summed E-state index contributed by atoms with van der Waals surface area (Å²) in [7, 11) is 0. The summed E-state index contributed by atoms with van der Waals surface area (Å²) in [5.74, 6) is -0.649. The maximum absolute atomic E-state index is 14.9. The van der Waals surface area contributed by atoms with Gasteiger partial charge in [-0.3, -0.25) is 4.79 Å². The standard InChI is InChI=1S/C25H32FN5O/c1-15(2)19-14-17(21-16(3)29-31(23(21)27-19)25(4,5)6)24(32)28-22-18(26)10-9-11-20(22)30-12-7-8-13-30/h9-11,14-15H,7-8,12-13H2,1-6H3,(H,28,32). The fourth-order valence-electron chi connectivity index (χ4n) is 4.29. The molecule has 0 spiro atoms. The molecule has 32 heavy (non-hydrogen) atoms. The van der Waals surface area contributed by atoms with Crippen molar-refractivity contribution in [3.63, 3.8) is 0 Å². The first-order chi connectivity index (χ1) is 15.1. The lowest BCUT2D eigenvalue weighted by atomic mass is 10.0. The summed E-state index contributed by atoms with van der Waals surface area (Å²) in [6.45, 7) is 13.9. The third-order valence-electron chi connectivity index (χ3n) is 5.98. The number of hydrogen-bond acceptors (Lipinski definition) is 4. The third-order valence-corrected chi connectivity index (χ3v) is 5.98. The largest absolute Gasteiger partial charge is 0.370 e. The van der Waals surface area contributed by atoms with Gasteiger partial charge in [-0.15, -0.1) is 0 Å². The first-order valence-corrected chi connectivity index (χ1v) is 11.3. The Morgan fingerprint density at radius 3 is 2.50 bits per heavy atom. The Morgan fingerprint density at radius 2 is 1.88 bits per heavy atom. The van der Waals surface area contributed by atoms with Crippen molar-refractivity contribution in [3.05, 3.63) is 47.0 Å². The number of anilines is 2. The number of benzene rings is 1.